The summed E-state index contributed by atoms with van der Waals surface area (Å²) in [6.45, 7) is 2.12. The minimum atomic E-state index is -0.216. The van der Waals surface area contributed by atoms with Gasteiger partial charge in [-0.15, -0.1) is 35.9 Å². The fourth-order valence-electron chi connectivity index (χ4n) is 4.81. The van der Waals surface area contributed by atoms with Crippen LogP contribution in [-0.2, 0) is 20.1 Å². The molecular formula is C25H28IrNO2-. The normalized spacial score (nSPS) is 25.5. The maximum absolute atomic E-state index is 9.59. The number of rotatable bonds is 1. The molecule has 2 N–H and O–H groups in total. The Labute approximate surface area is 186 Å². The van der Waals surface area contributed by atoms with Crippen LogP contribution in [0, 0.1) is 24.8 Å². The van der Waals surface area contributed by atoms with Gasteiger partial charge in [0.2, 0.25) is 0 Å². The molecule has 2 saturated carbocycles. The summed E-state index contributed by atoms with van der Waals surface area (Å²) in [5, 5.41) is 20.3. The molecule has 0 saturated heterocycles. The molecule has 2 fully saturated rings. The Morgan fingerprint density at radius 2 is 1.69 bits per heavy atom. The van der Waals surface area contributed by atoms with Crippen LogP contribution in [0.15, 0.2) is 54.6 Å². The molecule has 2 aliphatic carbocycles. The predicted octanol–water partition coefficient (Wildman–Crippen LogP) is 4.93. The van der Waals surface area contributed by atoms with Crippen LogP contribution < -0.4 is 0 Å². The Bertz CT molecular complexity index is 929. The van der Waals surface area contributed by atoms with Crippen molar-refractivity contribution >= 4 is 10.9 Å². The molecule has 0 spiro atoms. The van der Waals surface area contributed by atoms with Crippen LogP contribution >= 0.6 is 0 Å². The zero-order chi connectivity index (χ0) is 19.5. The first-order valence-electron chi connectivity index (χ1n) is 10.3. The predicted molar refractivity (Wildman–Crippen MR) is 113 cm³/mol. The number of hydrogen-bond donors (Lipinski definition) is 2. The van der Waals surface area contributed by atoms with Crippen LogP contribution in [0.2, 0.25) is 0 Å². The number of hydrogen-bond acceptors (Lipinski definition) is 3. The van der Waals surface area contributed by atoms with Crippen molar-refractivity contribution in [1.82, 2.24) is 4.98 Å². The summed E-state index contributed by atoms with van der Waals surface area (Å²) in [7, 11) is 0. The maximum atomic E-state index is 9.59. The molecule has 4 heteroatoms. The summed E-state index contributed by atoms with van der Waals surface area (Å²) in [6.07, 6.45) is 4.88. The minimum Gasteiger partial charge on any atom is -0.393 e. The zero-order valence-corrected chi connectivity index (χ0v) is 19.1. The standard InChI is InChI=1S/C16H12N.C9H16O2.Ir/c1-12-11-16(13-7-3-2-4-8-13)17-15-10-6-5-9-14(12)15;10-7-3-1-2-6-4-5-8(11)9(6)7;/h2-7,9-11H,1H3;6-11H,1-5H2;/q-1;;. The van der Waals surface area contributed by atoms with E-state index >= 15 is 0 Å². The SMILES string of the molecule is Cc1cc(-c2[c-]cccc2)nc2ccccc12.OC1CCCC2CCC(O)C12.[Ir]. The molecule has 4 atom stereocenters. The summed E-state index contributed by atoms with van der Waals surface area (Å²) in [5.74, 6) is 0.831. The number of aliphatic hydroxyl groups excluding tert-OH is 2. The molecule has 2 aromatic carbocycles. The molecule has 155 valence electrons. The number of para-hydroxylation sites is 1. The smallest absolute Gasteiger partial charge is 0.0597 e. The molecule has 0 amide bonds. The Morgan fingerprint density at radius 1 is 0.931 bits per heavy atom. The molecule has 29 heavy (non-hydrogen) atoms. The summed E-state index contributed by atoms with van der Waals surface area (Å²) >= 11 is 0. The van der Waals surface area contributed by atoms with Crippen LogP contribution in [0.25, 0.3) is 22.2 Å². The van der Waals surface area contributed by atoms with Crippen LogP contribution in [0.4, 0.5) is 0 Å². The molecule has 3 nitrogen and oxygen atoms in total. The van der Waals surface area contributed by atoms with E-state index in [-0.39, 0.29) is 38.2 Å². The van der Waals surface area contributed by atoms with Gasteiger partial charge in [0.15, 0.2) is 0 Å². The Balaban J connectivity index is 0.000000174. The zero-order valence-electron chi connectivity index (χ0n) is 16.7. The van der Waals surface area contributed by atoms with Gasteiger partial charge in [0.05, 0.1) is 17.7 Å². The fraction of sp³-hybridized carbons (Fsp3) is 0.400. The van der Waals surface area contributed by atoms with Gasteiger partial charge >= 0.3 is 0 Å². The third-order valence-electron chi connectivity index (χ3n) is 6.25. The Hall–Kier alpha value is -1.58. The number of aromatic nitrogens is 1. The van der Waals surface area contributed by atoms with Crippen molar-refractivity contribution in [3.63, 3.8) is 0 Å². The van der Waals surface area contributed by atoms with Crippen molar-refractivity contribution in [2.45, 2.75) is 51.2 Å². The second kappa shape index (κ2) is 9.95. The minimum absolute atomic E-state index is 0. The van der Waals surface area contributed by atoms with Gasteiger partial charge in [0.25, 0.3) is 0 Å². The van der Waals surface area contributed by atoms with Crippen molar-refractivity contribution in [1.29, 1.82) is 0 Å². The Morgan fingerprint density at radius 3 is 2.45 bits per heavy atom. The number of pyridine rings is 1. The molecule has 0 bridgehead atoms. The second-order valence-electron chi connectivity index (χ2n) is 8.10. The first-order valence-corrected chi connectivity index (χ1v) is 10.3. The average molecular weight is 567 g/mol. The van der Waals surface area contributed by atoms with Crippen molar-refractivity contribution in [3.05, 3.63) is 66.2 Å². The van der Waals surface area contributed by atoms with E-state index < -0.39 is 0 Å². The van der Waals surface area contributed by atoms with E-state index in [4.69, 9.17) is 0 Å². The third-order valence-corrected chi connectivity index (χ3v) is 6.25. The summed E-state index contributed by atoms with van der Waals surface area (Å²) in [4.78, 5) is 4.68. The van der Waals surface area contributed by atoms with Gasteiger partial charge in [-0.25, -0.2) is 0 Å². The summed E-state index contributed by atoms with van der Waals surface area (Å²) in [5.41, 5.74) is 4.32. The molecule has 2 aliphatic rings. The van der Waals surface area contributed by atoms with E-state index in [0.717, 1.165) is 42.5 Å². The molecule has 3 aromatic rings. The van der Waals surface area contributed by atoms with Crippen LogP contribution in [-0.4, -0.2) is 27.4 Å². The van der Waals surface area contributed by atoms with E-state index in [1.54, 1.807) is 0 Å². The van der Waals surface area contributed by atoms with Crippen LogP contribution in [0.1, 0.15) is 37.7 Å². The van der Waals surface area contributed by atoms with Crippen molar-refractivity contribution in [2.24, 2.45) is 11.8 Å². The number of nitrogens with zero attached hydrogens (tertiary/aromatic N) is 1. The van der Waals surface area contributed by atoms with Gasteiger partial charge in [-0.2, -0.15) is 0 Å². The molecule has 4 unspecified atom stereocenters. The van der Waals surface area contributed by atoms with E-state index in [2.05, 4.69) is 36.2 Å². The summed E-state index contributed by atoms with van der Waals surface area (Å²) < 4.78 is 0. The number of benzene rings is 2. The van der Waals surface area contributed by atoms with Crippen LogP contribution in [0.5, 0.6) is 0 Å². The fourth-order valence-corrected chi connectivity index (χ4v) is 4.81. The van der Waals surface area contributed by atoms with Crippen molar-refractivity contribution < 1.29 is 30.3 Å². The molecule has 1 aromatic heterocycles. The van der Waals surface area contributed by atoms with Gasteiger partial charge in [-0.3, -0.25) is 4.98 Å². The topological polar surface area (TPSA) is 53.4 Å². The quantitative estimate of drug-likeness (QED) is 0.411. The molecule has 1 heterocycles. The number of aliphatic hydroxyl groups is 2. The van der Waals surface area contributed by atoms with Crippen LogP contribution in [0.3, 0.4) is 0 Å². The number of fused-ring (bicyclic) bond motifs is 2. The largest absolute Gasteiger partial charge is 0.393 e. The third kappa shape index (κ3) is 4.95. The van der Waals surface area contributed by atoms with E-state index in [0.29, 0.717) is 5.92 Å². The molecule has 1 radical (unpaired) electrons. The van der Waals surface area contributed by atoms with Gasteiger partial charge in [-0.1, -0.05) is 30.7 Å². The van der Waals surface area contributed by atoms with Gasteiger partial charge in [-0.05, 0) is 55.8 Å². The van der Waals surface area contributed by atoms with E-state index in [1.165, 1.54) is 17.4 Å². The first kappa shape index (κ1) is 22.1. The van der Waals surface area contributed by atoms with E-state index in [1.807, 2.05) is 36.4 Å². The van der Waals surface area contributed by atoms with Crippen molar-refractivity contribution in [2.75, 3.05) is 0 Å². The number of aryl methyl sites for hydroxylation is 1. The first-order chi connectivity index (χ1) is 13.6. The summed E-state index contributed by atoms with van der Waals surface area (Å²) in [6, 6.07) is 21.5. The maximum Gasteiger partial charge on any atom is 0.0597 e. The van der Waals surface area contributed by atoms with Gasteiger partial charge in [0, 0.05) is 31.4 Å². The monoisotopic (exact) mass is 567 g/mol. The molecule has 0 aliphatic heterocycles. The Kier molecular flexibility index (Phi) is 7.59. The molecule has 5 rings (SSSR count). The molecular weight excluding hydrogens is 538 g/mol. The van der Waals surface area contributed by atoms with E-state index in [9.17, 15) is 10.2 Å². The van der Waals surface area contributed by atoms with Crippen molar-refractivity contribution in [3.8, 4) is 11.3 Å². The average Bonchev–Trinajstić information content (AvgIpc) is 3.11. The van der Waals surface area contributed by atoms with Gasteiger partial charge in [0.1, 0.15) is 0 Å². The second-order valence-corrected chi connectivity index (χ2v) is 8.10. The van der Waals surface area contributed by atoms with Gasteiger partial charge < -0.3 is 10.2 Å².